The predicted molar refractivity (Wildman–Crippen MR) is 106 cm³/mol. The summed E-state index contributed by atoms with van der Waals surface area (Å²) in [5.74, 6) is -0.277. The Bertz CT molecular complexity index is 641. The van der Waals surface area contributed by atoms with Crippen LogP contribution in [0.25, 0.3) is 0 Å². The topological polar surface area (TPSA) is 78.7 Å². The van der Waals surface area contributed by atoms with Crippen molar-refractivity contribution in [3.8, 4) is 0 Å². The Morgan fingerprint density at radius 3 is 2.56 bits per heavy atom. The Labute approximate surface area is 162 Å². The number of benzene rings is 1. The number of piperidine rings is 2. The lowest BCUT2D eigenvalue weighted by Crippen LogP contribution is -2.51. The maximum atomic E-state index is 12.8. The lowest BCUT2D eigenvalue weighted by Gasteiger charge is -2.42. The number of nitrogens with zero attached hydrogens (tertiary/aromatic N) is 2. The van der Waals surface area contributed by atoms with Crippen LogP contribution in [0.4, 0.5) is 0 Å². The molecule has 6 heteroatoms. The van der Waals surface area contributed by atoms with Gasteiger partial charge in [0.05, 0.1) is 12.5 Å². The van der Waals surface area contributed by atoms with Crippen molar-refractivity contribution in [2.75, 3.05) is 46.3 Å². The number of carbonyl (C=O) groups is 2. The fraction of sp³-hybridized carbons (Fsp3) is 0.619. The molecular formula is C21H32N4O2. The second kappa shape index (κ2) is 8.85. The van der Waals surface area contributed by atoms with E-state index in [2.05, 4.69) is 41.5 Å². The van der Waals surface area contributed by atoms with E-state index in [1.165, 1.54) is 5.56 Å². The monoisotopic (exact) mass is 372 g/mol. The molecule has 2 heterocycles. The molecule has 0 spiro atoms. The van der Waals surface area contributed by atoms with E-state index in [-0.39, 0.29) is 29.7 Å². The highest BCUT2D eigenvalue weighted by molar-refractivity contribution is 5.79. The van der Waals surface area contributed by atoms with Gasteiger partial charge in [-0.2, -0.15) is 0 Å². The zero-order valence-electron chi connectivity index (χ0n) is 16.3. The first kappa shape index (κ1) is 19.8. The lowest BCUT2D eigenvalue weighted by atomic mass is 9.72. The van der Waals surface area contributed by atoms with Crippen molar-refractivity contribution in [2.45, 2.75) is 31.1 Å². The molecule has 1 atom stereocenters. The molecule has 1 aromatic carbocycles. The molecule has 0 aromatic heterocycles. The minimum atomic E-state index is -0.328. The molecule has 3 N–H and O–H groups in total. The van der Waals surface area contributed by atoms with Crippen LogP contribution in [0.5, 0.6) is 0 Å². The van der Waals surface area contributed by atoms with Crippen LogP contribution >= 0.6 is 0 Å². The Hall–Kier alpha value is -1.92. The molecule has 0 saturated carbocycles. The van der Waals surface area contributed by atoms with E-state index >= 15 is 0 Å². The van der Waals surface area contributed by atoms with Crippen LogP contribution in [0.15, 0.2) is 30.3 Å². The molecular weight excluding hydrogens is 340 g/mol. The van der Waals surface area contributed by atoms with E-state index in [0.29, 0.717) is 13.1 Å². The van der Waals surface area contributed by atoms with E-state index in [1.807, 2.05) is 11.0 Å². The summed E-state index contributed by atoms with van der Waals surface area (Å²) in [7, 11) is 2.16. The molecule has 2 fully saturated rings. The minimum absolute atomic E-state index is 0.00497. The first-order valence-corrected chi connectivity index (χ1v) is 10.0. The maximum Gasteiger partial charge on any atom is 0.231 e. The van der Waals surface area contributed by atoms with Gasteiger partial charge in [-0.3, -0.25) is 14.5 Å². The first-order valence-electron chi connectivity index (χ1n) is 10.0. The quantitative estimate of drug-likeness (QED) is 0.780. The Morgan fingerprint density at radius 1 is 1.19 bits per heavy atom. The molecule has 27 heavy (non-hydrogen) atoms. The standard InChI is InChI=1S/C21H32N4O2/c1-24-12-9-21(10-13-24,18-7-3-2-4-8-18)16-23-20(27)17-6-5-11-25(14-17)15-19(22)26/h2-4,7-8,17H,5-6,9-16H2,1H3,(H2,22,26)(H,23,27)/t17-/m1/s1. The molecule has 2 saturated heterocycles. The maximum absolute atomic E-state index is 12.8. The summed E-state index contributed by atoms with van der Waals surface area (Å²) in [6, 6.07) is 10.6. The second-order valence-corrected chi connectivity index (χ2v) is 8.21. The van der Waals surface area contributed by atoms with Gasteiger partial charge in [-0.05, 0) is 57.9 Å². The number of carbonyl (C=O) groups excluding carboxylic acids is 2. The van der Waals surface area contributed by atoms with Gasteiger partial charge in [0.25, 0.3) is 0 Å². The number of likely N-dealkylation sites (tertiary alicyclic amines) is 2. The molecule has 6 nitrogen and oxygen atoms in total. The number of primary amides is 1. The smallest absolute Gasteiger partial charge is 0.231 e. The molecule has 0 aliphatic carbocycles. The number of amides is 2. The van der Waals surface area contributed by atoms with Crippen molar-refractivity contribution in [1.29, 1.82) is 0 Å². The second-order valence-electron chi connectivity index (χ2n) is 8.21. The highest BCUT2D eigenvalue weighted by Crippen LogP contribution is 2.34. The molecule has 2 aliphatic heterocycles. The van der Waals surface area contributed by atoms with Gasteiger partial charge in [-0.15, -0.1) is 0 Å². The van der Waals surface area contributed by atoms with Crippen molar-refractivity contribution in [3.63, 3.8) is 0 Å². The predicted octanol–water partition coefficient (Wildman–Crippen LogP) is 0.964. The van der Waals surface area contributed by atoms with E-state index < -0.39 is 0 Å². The fourth-order valence-electron chi connectivity index (χ4n) is 4.44. The third-order valence-corrected chi connectivity index (χ3v) is 6.19. The van der Waals surface area contributed by atoms with Gasteiger partial charge in [0.2, 0.25) is 11.8 Å². The molecule has 2 aliphatic rings. The molecule has 3 rings (SSSR count). The molecule has 0 bridgehead atoms. The first-order chi connectivity index (χ1) is 13.0. The van der Waals surface area contributed by atoms with Crippen molar-refractivity contribution >= 4 is 11.8 Å². The largest absolute Gasteiger partial charge is 0.369 e. The number of hydrogen-bond donors (Lipinski definition) is 2. The van der Waals surface area contributed by atoms with Gasteiger partial charge >= 0.3 is 0 Å². The molecule has 0 unspecified atom stereocenters. The molecule has 2 amide bonds. The number of nitrogens with two attached hydrogens (primary N) is 1. The van der Waals surface area contributed by atoms with Crippen molar-refractivity contribution < 1.29 is 9.59 Å². The fourth-order valence-corrected chi connectivity index (χ4v) is 4.44. The van der Waals surface area contributed by atoms with Crippen molar-refractivity contribution in [3.05, 3.63) is 35.9 Å². The Kier molecular flexibility index (Phi) is 6.50. The van der Waals surface area contributed by atoms with Crippen LogP contribution in [-0.2, 0) is 15.0 Å². The van der Waals surface area contributed by atoms with Gasteiger partial charge in [-0.25, -0.2) is 0 Å². The molecule has 1 aromatic rings. The molecule has 148 valence electrons. The van der Waals surface area contributed by atoms with Gasteiger partial charge in [0, 0.05) is 18.5 Å². The third-order valence-electron chi connectivity index (χ3n) is 6.19. The van der Waals surface area contributed by atoms with Crippen LogP contribution in [0.1, 0.15) is 31.2 Å². The van der Waals surface area contributed by atoms with Crippen LogP contribution in [0.2, 0.25) is 0 Å². The summed E-state index contributed by atoms with van der Waals surface area (Å²) in [5.41, 5.74) is 6.63. The van der Waals surface area contributed by atoms with Gasteiger partial charge < -0.3 is 16.0 Å². The van der Waals surface area contributed by atoms with Gasteiger partial charge in [0.1, 0.15) is 0 Å². The van der Waals surface area contributed by atoms with E-state index in [9.17, 15) is 9.59 Å². The number of nitrogens with one attached hydrogen (secondary N) is 1. The number of rotatable bonds is 6. The average Bonchev–Trinajstić information content (AvgIpc) is 2.68. The van der Waals surface area contributed by atoms with Gasteiger partial charge in [-0.1, -0.05) is 30.3 Å². The summed E-state index contributed by atoms with van der Waals surface area (Å²) >= 11 is 0. The Morgan fingerprint density at radius 2 is 1.89 bits per heavy atom. The zero-order valence-corrected chi connectivity index (χ0v) is 16.3. The van der Waals surface area contributed by atoms with Crippen LogP contribution in [-0.4, -0.2) is 67.9 Å². The zero-order chi connectivity index (χ0) is 19.3. The van der Waals surface area contributed by atoms with Crippen molar-refractivity contribution in [1.82, 2.24) is 15.1 Å². The summed E-state index contributed by atoms with van der Waals surface area (Å²) in [6.45, 7) is 4.46. The highest BCUT2D eigenvalue weighted by Gasteiger charge is 2.36. The average molecular weight is 373 g/mol. The van der Waals surface area contributed by atoms with Crippen molar-refractivity contribution in [2.24, 2.45) is 11.7 Å². The molecule has 0 radical (unpaired) electrons. The summed E-state index contributed by atoms with van der Waals surface area (Å²) in [6.07, 6.45) is 3.90. The van der Waals surface area contributed by atoms with E-state index in [1.54, 1.807) is 0 Å². The van der Waals surface area contributed by atoms with E-state index in [4.69, 9.17) is 5.73 Å². The Balaban J connectivity index is 1.63. The van der Waals surface area contributed by atoms with E-state index in [0.717, 1.165) is 45.3 Å². The van der Waals surface area contributed by atoms with Crippen LogP contribution in [0.3, 0.4) is 0 Å². The lowest BCUT2D eigenvalue weighted by molar-refractivity contribution is -0.128. The van der Waals surface area contributed by atoms with Crippen LogP contribution in [0, 0.1) is 5.92 Å². The summed E-state index contributed by atoms with van der Waals surface area (Å²) in [5, 5.41) is 3.25. The minimum Gasteiger partial charge on any atom is -0.369 e. The summed E-state index contributed by atoms with van der Waals surface area (Å²) < 4.78 is 0. The SMILES string of the molecule is CN1CCC(CNC(=O)[C@@H]2CCCN(CC(N)=O)C2)(c2ccccc2)CC1. The normalized spacial score (nSPS) is 23.7. The third kappa shape index (κ3) is 5.08. The number of hydrogen-bond acceptors (Lipinski definition) is 4. The van der Waals surface area contributed by atoms with Crippen LogP contribution < -0.4 is 11.1 Å². The highest BCUT2D eigenvalue weighted by atomic mass is 16.2. The summed E-state index contributed by atoms with van der Waals surface area (Å²) in [4.78, 5) is 28.4. The van der Waals surface area contributed by atoms with Gasteiger partial charge in [0.15, 0.2) is 0 Å².